The first kappa shape index (κ1) is 15.2. The van der Waals surface area contributed by atoms with Gasteiger partial charge in [0.15, 0.2) is 15.8 Å². The maximum Gasteiger partial charge on any atom is 0.270 e. The molecule has 120 valence electrons. The van der Waals surface area contributed by atoms with Gasteiger partial charge in [0.05, 0.1) is 10.6 Å². The van der Waals surface area contributed by atoms with Gasteiger partial charge in [0, 0.05) is 6.07 Å². The lowest BCUT2D eigenvalue weighted by molar-refractivity contribution is -0.113. The van der Waals surface area contributed by atoms with Crippen LogP contribution < -0.4 is 14.4 Å². The minimum atomic E-state index is -0.352. The van der Waals surface area contributed by atoms with E-state index in [-0.39, 0.29) is 18.5 Å². The SMILES string of the molecule is O=C1/C(=C/c2cccc(F)c2)SC(=S)N1c1ccc2c(c1)OCO2. The Hall–Kier alpha value is -2.38. The van der Waals surface area contributed by atoms with Gasteiger partial charge in [0.25, 0.3) is 5.91 Å². The molecule has 0 aromatic heterocycles. The topological polar surface area (TPSA) is 38.8 Å². The quantitative estimate of drug-likeness (QED) is 0.599. The van der Waals surface area contributed by atoms with E-state index in [0.717, 1.165) is 0 Å². The molecule has 0 saturated carbocycles. The van der Waals surface area contributed by atoms with Crippen molar-refractivity contribution in [2.45, 2.75) is 0 Å². The summed E-state index contributed by atoms with van der Waals surface area (Å²) in [7, 11) is 0. The Balaban J connectivity index is 1.66. The van der Waals surface area contributed by atoms with Crippen LogP contribution in [0, 0.1) is 5.82 Å². The van der Waals surface area contributed by atoms with Crippen molar-refractivity contribution in [2.75, 3.05) is 11.7 Å². The van der Waals surface area contributed by atoms with E-state index in [2.05, 4.69) is 0 Å². The highest BCUT2D eigenvalue weighted by atomic mass is 32.2. The third kappa shape index (κ3) is 2.65. The number of ether oxygens (including phenoxy) is 2. The molecule has 0 radical (unpaired) electrons. The van der Waals surface area contributed by atoms with Crippen LogP contribution in [-0.4, -0.2) is 17.0 Å². The zero-order chi connectivity index (χ0) is 16.7. The van der Waals surface area contributed by atoms with Gasteiger partial charge in [-0.05, 0) is 35.9 Å². The molecule has 0 bridgehead atoms. The smallest absolute Gasteiger partial charge is 0.270 e. The van der Waals surface area contributed by atoms with E-state index >= 15 is 0 Å². The summed E-state index contributed by atoms with van der Waals surface area (Å²) in [6.45, 7) is 0.163. The molecule has 0 spiro atoms. The summed E-state index contributed by atoms with van der Waals surface area (Å²) in [5.74, 6) is 0.623. The Morgan fingerprint density at radius 1 is 1.17 bits per heavy atom. The third-order valence-corrected chi connectivity index (χ3v) is 4.86. The molecule has 1 amide bonds. The maximum absolute atomic E-state index is 13.3. The average Bonchev–Trinajstić information content (AvgIpc) is 3.12. The molecule has 2 heterocycles. The van der Waals surface area contributed by atoms with Crippen LogP contribution in [0.1, 0.15) is 5.56 Å². The van der Waals surface area contributed by atoms with Crippen molar-refractivity contribution in [1.82, 2.24) is 0 Å². The third-order valence-electron chi connectivity index (χ3n) is 3.55. The number of rotatable bonds is 2. The van der Waals surface area contributed by atoms with E-state index < -0.39 is 0 Å². The number of amides is 1. The second-order valence-electron chi connectivity index (χ2n) is 5.11. The molecule has 2 aromatic carbocycles. The van der Waals surface area contributed by atoms with E-state index in [1.807, 2.05) is 0 Å². The Labute approximate surface area is 146 Å². The molecule has 0 atom stereocenters. The standard InChI is InChI=1S/C17H10FNO3S2/c18-11-3-1-2-10(6-11)7-15-16(20)19(17(23)24-15)12-4-5-13-14(8-12)22-9-21-13/h1-8H,9H2/b15-7-. The maximum atomic E-state index is 13.3. The van der Waals surface area contributed by atoms with Crippen LogP contribution in [0.3, 0.4) is 0 Å². The zero-order valence-corrected chi connectivity index (χ0v) is 13.8. The summed E-state index contributed by atoms with van der Waals surface area (Å²) >= 11 is 6.51. The molecule has 1 fully saturated rings. The van der Waals surface area contributed by atoms with Crippen molar-refractivity contribution >= 4 is 46.0 Å². The van der Waals surface area contributed by atoms with E-state index in [1.54, 1.807) is 36.4 Å². The monoisotopic (exact) mass is 359 g/mol. The van der Waals surface area contributed by atoms with E-state index in [0.29, 0.717) is 32.0 Å². The number of benzene rings is 2. The lowest BCUT2D eigenvalue weighted by atomic mass is 10.2. The highest BCUT2D eigenvalue weighted by Gasteiger charge is 2.34. The molecular weight excluding hydrogens is 349 g/mol. The Morgan fingerprint density at radius 3 is 2.83 bits per heavy atom. The fourth-order valence-electron chi connectivity index (χ4n) is 2.46. The average molecular weight is 359 g/mol. The lowest BCUT2D eigenvalue weighted by Crippen LogP contribution is -2.27. The molecule has 4 rings (SSSR count). The molecule has 0 aliphatic carbocycles. The normalized spacial score (nSPS) is 17.9. The number of thioether (sulfide) groups is 1. The van der Waals surface area contributed by atoms with Gasteiger partial charge in [-0.1, -0.05) is 36.1 Å². The van der Waals surface area contributed by atoms with Gasteiger partial charge in [0.2, 0.25) is 6.79 Å². The van der Waals surface area contributed by atoms with Crippen molar-refractivity contribution in [3.63, 3.8) is 0 Å². The predicted molar refractivity (Wildman–Crippen MR) is 94.6 cm³/mol. The zero-order valence-electron chi connectivity index (χ0n) is 12.2. The number of thiocarbonyl (C=S) groups is 1. The highest BCUT2D eigenvalue weighted by Crippen LogP contribution is 2.40. The van der Waals surface area contributed by atoms with Crippen molar-refractivity contribution < 1.29 is 18.7 Å². The number of carbonyl (C=O) groups is 1. The summed E-state index contributed by atoms with van der Waals surface area (Å²) in [6, 6.07) is 11.3. The number of carbonyl (C=O) groups excluding carboxylic acids is 1. The van der Waals surface area contributed by atoms with Crippen molar-refractivity contribution in [1.29, 1.82) is 0 Å². The van der Waals surface area contributed by atoms with Crippen LogP contribution in [-0.2, 0) is 4.79 Å². The number of hydrogen-bond acceptors (Lipinski definition) is 5. The van der Waals surface area contributed by atoms with Crippen LogP contribution >= 0.6 is 24.0 Å². The molecular formula is C17H10FNO3S2. The first-order chi connectivity index (χ1) is 11.6. The fraction of sp³-hybridized carbons (Fsp3) is 0.0588. The first-order valence-electron chi connectivity index (χ1n) is 7.05. The number of fused-ring (bicyclic) bond motifs is 1. The highest BCUT2D eigenvalue weighted by molar-refractivity contribution is 8.27. The van der Waals surface area contributed by atoms with Gasteiger partial charge in [-0.25, -0.2) is 4.39 Å². The van der Waals surface area contributed by atoms with Gasteiger partial charge >= 0.3 is 0 Å². The molecule has 2 aliphatic heterocycles. The number of anilines is 1. The van der Waals surface area contributed by atoms with E-state index in [1.165, 1.54) is 28.8 Å². The van der Waals surface area contributed by atoms with Crippen LogP contribution in [0.4, 0.5) is 10.1 Å². The number of halogens is 1. The van der Waals surface area contributed by atoms with Crippen molar-refractivity contribution in [3.05, 3.63) is 58.8 Å². The fourth-order valence-corrected chi connectivity index (χ4v) is 3.76. The minimum absolute atomic E-state index is 0.163. The van der Waals surface area contributed by atoms with Gasteiger partial charge in [0.1, 0.15) is 5.82 Å². The Kier molecular flexibility index (Phi) is 3.74. The molecule has 2 aliphatic rings. The van der Waals surface area contributed by atoms with Crippen LogP contribution in [0.2, 0.25) is 0 Å². The molecule has 0 N–H and O–H groups in total. The van der Waals surface area contributed by atoms with Crippen LogP contribution in [0.5, 0.6) is 11.5 Å². The minimum Gasteiger partial charge on any atom is -0.454 e. The Morgan fingerprint density at radius 2 is 2.00 bits per heavy atom. The number of hydrogen-bond donors (Lipinski definition) is 0. The van der Waals surface area contributed by atoms with E-state index in [9.17, 15) is 9.18 Å². The van der Waals surface area contributed by atoms with Crippen molar-refractivity contribution in [3.8, 4) is 11.5 Å². The lowest BCUT2D eigenvalue weighted by Gasteiger charge is -2.14. The molecule has 2 aromatic rings. The summed E-state index contributed by atoms with van der Waals surface area (Å²) in [5, 5.41) is 0. The van der Waals surface area contributed by atoms with Crippen molar-refractivity contribution in [2.24, 2.45) is 0 Å². The van der Waals surface area contributed by atoms with Gasteiger partial charge < -0.3 is 9.47 Å². The Bertz CT molecular complexity index is 897. The number of nitrogens with zero attached hydrogens (tertiary/aromatic N) is 1. The molecule has 24 heavy (non-hydrogen) atoms. The summed E-state index contributed by atoms with van der Waals surface area (Å²) < 4.78 is 24.3. The predicted octanol–water partition coefficient (Wildman–Crippen LogP) is 3.96. The van der Waals surface area contributed by atoms with E-state index in [4.69, 9.17) is 21.7 Å². The first-order valence-corrected chi connectivity index (χ1v) is 8.27. The molecule has 0 unspecified atom stereocenters. The van der Waals surface area contributed by atoms with Gasteiger partial charge in [-0.2, -0.15) is 0 Å². The summed E-state index contributed by atoms with van der Waals surface area (Å²) in [6.07, 6.45) is 1.63. The summed E-state index contributed by atoms with van der Waals surface area (Å²) in [4.78, 5) is 14.6. The van der Waals surface area contributed by atoms with Crippen LogP contribution in [0.25, 0.3) is 6.08 Å². The molecule has 4 nitrogen and oxygen atoms in total. The largest absolute Gasteiger partial charge is 0.454 e. The second kappa shape index (κ2) is 5.92. The molecule has 1 saturated heterocycles. The van der Waals surface area contributed by atoms with Gasteiger partial charge in [-0.15, -0.1) is 0 Å². The second-order valence-corrected chi connectivity index (χ2v) is 6.79. The molecule has 7 heteroatoms. The van der Waals surface area contributed by atoms with Gasteiger partial charge in [-0.3, -0.25) is 9.69 Å². The van der Waals surface area contributed by atoms with Crippen LogP contribution in [0.15, 0.2) is 47.4 Å². The summed E-state index contributed by atoms with van der Waals surface area (Å²) in [5.41, 5.74) is 1.23.